The van der Waals surface area contributed by atoms with Crippen LogP contribution in [0.25, 0.3) is 0 Å². The second-order valence-corrected chi connectivity index (χ2v) is 4.59. The van der Waals surface area contributed by atoms with Crippen LogP contribution >= 0.6 is 0 Å². The molecule has 5 heteroatoms. The highest BCUT2D eigenvalue weighted by molar-refractivity contribution is 5.88. The van der Waals surface area contributed by atoms with Crippen molar-refractivity contribution in [2.24, 2.45) is 5.92 Å². The Kier molecular flexibility index (Phi) is 4.15. The number of pyridine rings is 1. The number of nitrogens with zero attached hydrogens (tertiary/aromatic N) is 2. The number of anilines is 1. The summed E-state index contributed by atoms with van der Waals surface area (Å²) in [6.45, 7) is 2.62. The van der Waals surface area contributed by atoms with Gasteiger partial charge in [0.2, 0.25) is 0 Å². The lowest BCUT2D eigenvalue weighted by Gasteiger charge is -2.32. The Morgan fingerprint density at radius 3 is 2.89 bits per heavy atom. The molecule has 98 valence electrons. The van der Waals surface area contributed by atoms with Gasteiger partial charge in [-0.1, -0.05) is 0 Å². The maximum Gasteiger partial charge on any atom is 0.335 e. The highest BCUT2D eigenvalue weighted by atomic mass is 16.5. The van der Waals surface area contributed by atoms with Gasteiger partial charge in [0.25, 0.3) is 0 Å². The van der Waals surface area contributed by atoms with E-state index in [1.807, 2.05) is 0 Å². The minimum atomic E-state index is -0.909. The van der Waals surface area contributed by atoms with E-state index in [4.69, 9.17) is 9.84 Å². The molecule has 0 spiro atoms. The summed E-state index contributed by atoms with van der Waals surface area (Å²) in [6, 6.07) is 3.16. The fourth-order valence-electron chi connectivity index (χ4n) is 2.29. The van der Waals surface area contributed by atoms with Gasteiger partial charge in [-0.3, -0.25) is 0 Å². The van der Waals surface area contributed by atoms with Crippen LogP contribution in [0.2, 0.25) is 0 Å². The fraction of sp³-hybridized carbons (Fsp3) is 0.538. The van der Waals surface area contributed by atoms with E-state index in [9.17, 15) is 4.79 Å². The van der Waals surface area contributed by atoms with Gasteiger partial charge in [-0.15, -0.1) is 0 Å². The summed E-state index contributed by atoms with van der Waals surface area (Å²) in [7, 11) is 1.73. The number of carbonyl (C=O) groups is 1. The van der Waals surface area contributed by atoms with E-state index in [0.717, 1.165) is 38.4 Å². The molecule has 0 saturated carbocycles. The number of aromatic carboxylic acids is 1. The molecule has 0 aromatic carbocycles. The highest BCUT2D eigenvalue weighted by Gasteiger charge is 2.20. The number of methoxy groups -OCH3 is 1. The molecule has 1 aliphatic rings. The van der Waals surface area contributed by atoms with Gasteiger partial charge in [-0.05, 0) is 30.9 Å². The van der Waals surface area contributed by atoms with Gasteiger partial charge in [-0.2, -0.15) is 0 Å². The lowest BCUT2D eigenvalue weighted by atomic mass is 9.98. The van der Waals surface area contributed by atoms with E-state index in [1.54, 1.807) is 19.4 Å². The van der Waals surface area contributed by atoms with Gasteiger partial charge in [0, 0.05) is 33.0 Å². The molecule has 1 aromatic heterocycles. The number of carboxylic acids is 1. The molecule has 0 amide bonds. The predicted octanol–water partition coefficient (Wildman–Crippen LogP) is 1.64. The molecule has 0 aliphatic carbocycles. The normalized spacial score (nSPS) is 16.8. The van der Waals surface area contributed by atoms with Crippen LogP contribution < -0.4 is 4.90 Å². The van der Waals surface area contributed by atoms with Crippen molar-refractivity contribution in [3.05, 3.63) is 23.9 Å². The van der Waals surface area contributed by atoms with Crippen LogP contribution in [0.4, 0.5) is 5.82 Å². The zero-order valence-corrected chi connectivity index (χ0v) is 10.5. The quantitative estimate of drug-likeness (QED) is 0.880. The summed E-state index contributed by atoms with van der Waals surface area (Å²) in [5.74, 6) is 0.451. The van der Waals surface area contributed by atoms with Crippen LogP contribution in [0.1, 0.15) is 23.2 Å². The van der Waals surface area contributed by atoms with Crippen molar-refractivity contribution in [1.82, 2.24) is 4.98 Å². The van der Waals surface area contributed by atoms with Crippen LogP contribution in [-0.2, 0) is 4.74 Å². The van der Waals surface area contributed by atoms with Crippen molar-refractivity contribution >= 4 is 11.8 Å². The molecule has 1 N–H and O–H groups in total. The Hall–Kier alpha value is -1.62. The molecule has 0 atom stereocenters. The first-order valence-electron chi connectivity index (χ1n) is 6.14. The first-order chi connectivity index (χ1) is 8.70. The van der Waals surface area contributed by atoms with E-state index in [2.05, 4.69) is 9.88 Å². The maximum atomic E-state index is 10.9. The molecule has 5 nitrogen and oxygen atoms in total. The van der Waals surface area contributed by atoms with Crippen molar-refractivity contribution in [3.63, 3.8) is 0 Å². The Bertz CT molecular complexity index is 414. The number of rotatable bonds is 4. The summed E-state index contributed by atoms with van der Waals surface area (Å²) in [6.07, 6.45) is 3.68. The molecule has 0 unspecified atom stereocenters. The monoisotopic (exact) mass is 250 g/mol. The third kappa shape index (κ3) is 2.98. The molecular weight excluding hydrogens is 232 g/mol. The summed E-state index contributed by atoms with van der Waals surface area (Å²) >= 11 is 0. The van der Waals surface area contributed by atoms with Gasteiger partial charge >= 0.3 is 5.97 Å². The predicted molar refractivity (Wildman–Crippen MR) is 68.0 cm³/mol. The highest BCUT2D eigenvalue weighted by Crippen LogP contribution is 2.22. The summed E-state index contributed by atoms with van der Waals surface area (Å²) in [5, 5.41) is 8.96. The van der Waals surface area contributed by atoms with Crippen LogP contribution in [-0.4, -0.2) is 42.9 Å². The molecule has 0 radical (unpaired) electrons. The Morgan fingerprint density at radius 1 is 1.56 bits per heavy atom. The number of hydrogen-bond acceptors (Lipinski definition) is 4. The molecular formula is C13H18N2O3. The SMILES string of the molecule is COCC1CCN(c2cc(C(=O)O)ccn2)CC1. The van der Waals surface area contributed by atoms with Crippen LogP contribution in [0.5, 0.6) is 0 Å². The first kappa shape index (κ1) is 12.8. The maximum absolute atomic E-state index is 10.9. The number of hydrogen-bond donors (Lipinski definition) is 1. The Balaban J connectivity index is 2.01. The van der Waals surface area contributed by atoms with Crippen molar-refractivity contribution in [3.8, 4) is 0 Å². The summed E-state index contributed by atoms with van der Waals surface area (Å²) < 4.78 is 5.16. The fourth-order valence-corrected chi connectivity index (χ4v) is 2.29. The van der Waals surface area contributed by atoms with E-state index in [-0.39, 0.29) is 0 Å². The standard InChI is InChI=1S/C13H18N2O3/c1-18-9-10-3-6-15(7-4-10)12-8-11(13(16)17)2-5-14-12/h2,5,8,10H,3-4,6-7,9H2,1H3,(H,16,17). The molecule has 1 aliphatic heterocycles. The first-order valence-corrected chi connectivity index (χ1v) is 6.14. The van der Waals surface area contributed by atoms with E-state index < -0.39 is 5.97 Å². The van der Waals surface area contributed by atoms with Gasteiger partial charge in [-0.25, -0.2) is 9.78 Å². The summed E-state index contributed by atoms with van der Waals surface area (Å²) in [5.41, 5.74) is 0.291. The number of piperidine rings is 1. The van der Waals surface area contributed by atoms with Gasteiger partial charge in [0.05, 0.1) is 5.56 Å². The van der Waals surface area contributed by atoms with E-state index in [0.29, 0.717) is 11.5 Å². The van der Waals surface area contributed by atoms with E-state index in [1.165, 1.54) is 6.07 Å². The lowest BCUT2D eigenvalue weighted by Crippen LogP contribution is -2.35. The average molecular weight is 250 g/mol. The largest absolute Gasteiger partial charge is 0.478 e. The molecule has 1 aromatic rings. The average Bonchev–Trinajstić information content (AvgIpc) is 2.40. The molecule has 2 heterocycles. The van der Waals surface area contributed by atoms with Gasteiger partial charge in [0.1, 0.15) is 5.82 Å². The third-order valence-corrected chi connectivity index (χ3v) is 3.33. The van der Waals surface area contributed by atoms with Crippen LogP contribution in [0, 0.1) is 5.92 Å². The molecule has 2 rings (SSSR count). The third-order valence-electron chi connectivity index (χ3n) is 3.33. The minimum absolute atomic E-state index is 0.291. The number of ether oxygens (including phenoxy) is 1. The van der Waals surface area contributed by atoms with Crippen molar-refractivity contribution in [2.75, 3.05) is 31.7 Å². The Labute approximate surface area is 106 Å². The van der Waals surface area contributed by atoms with Crippen molar-refractivity contribution in [1.29, 1.82) is 0 Å². The zero-order chi connectivity index (χ0) is 13.0. The molecule has 1 saturated heterocycles. The minimum Gasteiger partial charge on any atom is -0.478 e. The summed E-state index contributed by atoms with van der Waals surface area (Å²) in [4.78, 5) is 17.3. The molecule has 0 bridgehead atoms. The molecule has 18 heavy (non-hydrogen) atoms. The Morgan fingerprint density at radius 2 is 2.28 bits per heavy atom. The van der Waals surface area contributed by atoms with Crippen molar-refractivity contribution < 1.29 is 14.6 Å². The molecule has 1 fully saturated rings. The van der Waals surface area contributed by atoms with Crippen molar-refractivity contribution in [2.45, 2.75) is 12.8 Å². The topological polar surface area (TPSA) is 62.7 Å². The smallest absolute Gasteiger partial charge is 0.335 e. The number of carboxylic acid groups (broad SMARTS) is 1. The zero-order valence-electron chi connectivity index (χ0n) is 10.5. The second-order valence-electron chi connectivity index (χ2n) is 4.59. The van der Waals surface area contributed by atoms with Gasteiger partial charge in [0.15, 0.2) is 0 Å². The van der Waals surface area contributed by atoms with Crippen LogP contribution in [0.15, 0.2) is 18.3 Å². The van der Waals surface area contributed by atoms with E-state index >= 15 is 0 Å². The van der Waals surface area contributed by atoms with Gasteiger partial charge < -0.3 is 14.7 Å². The lowest BCUT2D eigenvalue weighted by molar-refractivity contribution is 0.0697. The van der Waals surface area contributed by atoms with Crippen LogP contribution in [0.3, 0.4) is 0 Å². The number of aromatic nitrogens is 1. The second kappa shape index (κ2) is 5.82.